The molecule has 4 nitrogen and oxygen atoms in total. The number of carbonyl (C=O) groups is 1. The maximum absolute atomic E-state index is 12.0. The van der Waals surface area contributed by atoms with Crippen molar-refractivity contribution in [2.75, 3.05) is 37.3 Å². The third-order valence-electron chi connectivity index (χ3n) is 3.55. The number of nitrogens with two attached hydrogens (primary N) is 1. The number of aryl methyl sites for hydroxylation is 1. The van der Waals surface area contributed by atoms with Gasteiger partial charge in [-0.3, -0.25) is 4.79 Å². The minimum Gasteiger partial charge on any atom is -0.399 e. The molecule has 0 saturated heterocycles. The Hall–Kier alpha value is -1.71. The summed E-state index contributed by atoms with van der Waals surface area (Å²) in [6.07, 6.45) is 2.17. The van der Waals surface area contributed by atoms with Gasteiger partial charge in [0.15, 0.2) is 0 Å². The molecular weight excluding hydrogens is 226 g/mol. The first kappa shape index (κ1) is 12.7. The molecule has 1 aromatic carbocycles. The summed E-state index contributed by atoms with van der Waals surface area (Å²) in [5, 5.41) is 0. The number of carbonyl (C=O) groups excluding carboxylic acids is 1. The molecule has 1 aromatic rings. The van der Waals surface area contributed by atoms with E-state index in [1.54, 1.807) is 4.90 Å². The number of nitrogen functional groups attached to an aromatic ring is 1. The molecule has 2 N–H and O–H groups in total. The van der Waals surface area contributed by atoms with Gasteiger partial charge in [-0.05, 0) is 37.5 Å². The lowest BCUT2D eigenvalue weighted by Crippen LogP contribution is -2.40. The van der Waals surface area contributed by atoms with Crippen LogP contribution in [0.5, 0.6) is 0 Å². The molecular formula is C14H21N3O. The Morgan fingerprint density at radius 2 is 2.28 bits per heavy atom. The fourth-order valence-corrected chi connectivity index (χ4v) is 2.29. The van der Waals surface area contributed by atoms with Crippen molar-refractivity contribution in [1.82, 2.24) is 4.90 Å². The molecule has 0 atom stereocenters. The van der Waals surface area contributed by atoms with Crippen LogP contribution in [0, 0.1) is 0 Å². The largest absolute Gasteiger partial charge is 0.399 e. The number of likely N-dealkylation sites (N-methyl/N-ethyl adjacent to an activating group) is 1. The number of amides is 1. The highest BCUT2D eigenvalue weighted by atomic mass is 16.2. The summed E-state index contributed by atoms with van der Waals surface area (Å²) in [7, 11) is 1.84. The summed E-state index contributed by atoms with van der Waals surface area (Å²) < 4.78 is 0. The Balaban J connectivity index is 2.17. The Bertz CT molecular complexity index is 445. The van der Waals surface area contributed by atoms with Gasteiger partial charge in [-0.15, -0.1) is 0 Å². The number of hydrogen-bond acceptors (Lipinski definition) is 3. The van der Waals surface area contributed by atoms with Gasteiger partial charge in [0.05, 0.1) is 6.54 Å². The van der Waals surface area contributed by atoms with Crippen LogP contribution in [0.3, 0.4) is 0 Å². The third kappa shape index (κ3) is 2.58. The van der Waals surface area contributed by atoms with E-state index < -0.39 is 0 Å². The number of benzene rings is 1. The fourth-order valence-electron chi connectivity index (χ4n) is 2.29. The molecule has 1 heterocycles. The van der Waals surface area contributed by atoms with Gasteiger partial charge >= 0.3 is 0 Å². The fraction of sp³-hybridized carbons (Fsp3) is 0.500. The first-order chi connectivity index (χ1) is 8.61. The number of fused-ring (bicyclic) bond motifs is 1. The van der Waals surface area contributed by atoms with Crippen LogP contribution in [0.2, 0.25) is 0 Å². The predicted molar refractivity (Wildman–Crippen MR) is 74.7 cm³/mol. The van der Waals surface area contributed by atoms with Crippen molar-refractivity contribution in [2.45, 2.75) is 19.8 Å². The van der Waals surface area contributed by atoms with Crippen LogP contribution < -0.4 is 10.6 Å². The molecule has 0 fully saturated rings. The lowest BCUT2D eigenvalue weighted by Gasteiger charge is -2.32. The van der Waals surface area contributed by atoms with Crippen LogP contribution in [-0.4, -0.2) is 37.5 Å². The molecule has 0 bridgehead atoms. The Kier molecular flexibility index (Phi) is 3.75. The molecule has 98 valence electrons. The second kappa shape index (κ2) is 5.29. The van der Waals surface area contributed by atoms with E-state index in [9.17, 15) is 4.79 Å². The van der Waals surface area contributed by atoms with Crippen molar-refractivity contribution in [3.8, 4) is 0 Å². The molecule has 0 aromatic heterocycles. The van der Waals surface area contributed by atoms with Crippen LogP contribution in [0.1, 0.15) is 18.9 Å². The minimum atomic E-state index is 0.160. The van der Waals surface area contributed by atoms with Gasteiger partial charge < -0.3 is 15.5 Å². The molecule has 0 aliphatic carbocycles. The standard InChI is InChI=1S/C14H21N3O/c1-3-16(2)14(18)10-17-8-4-5-11-6-7-12(15)9-13(11)17/h6-7,9H,3-5,8,10,15H2,1-2H3. The lowest BCUT2D eigenvalue weighted by molar-refractivity contribution is -0.128. The third-order valence-corrected chi connectivity index (χ3v) is 3.55. The second-order valence-corrected chi connectivity index (χ2v) is 4.82. The summed E-state index contributed by atoms with van der Waals surface area (Å²) in [5.74, 6) is 0.160. The highest BCUT2D eigenvalue weighted by molar-refractivity contribution is 5.82. The van der Waals surface area contributed by atoms with Crippen LogP contribution in [-0.2, 0) is 11.2 Å². The summed E-state index contributed by atoms with van der Waals surface area (Å²) in [5.41, 5.74) is 9.02. The summed E-state index contributed by atoms with van der Waals surface area (Å²) in [6, 6.07) is 5.99. The van der Waals surface area contributed by atoms with Gasteiger partial charge in [0.1, 0.15) is 0 Å². The first-order valence-electron chi connectivity index (χ1n) is 6.49. The molecule has 4 heteroatoms. The van der Waals surface area contributed by atoms with Gasteiger partial charge in [0, 0.05) is 31.5 Å². The van der Waals surface area contributed by atoms with Crippen LogP contribution in [0.25, 0.3) is 0 Å². The molecule has 1 aliphatic heterocycles. The maximum Gasteiger partial charge on any atom is 0.241 e. The van der Waals surface area contributed by atoms with Crippen molar-refractivity contribution in [1.29, 1.82) is 0 Å². The molecule has 0 spiro atoms. The highest BCUT2D eigenvalue weighted by Crippen LogP contribution is 2.28. The Morgan fingerprint density at radius 3 is 3.00 bits per heavy atom. The molecule has 2 rings (SSSR count). The first-order valence-corrected chi connectivity index (χ1v) is 6.49. The van der Waals surface area contributed by atoms with E-state index >= 15 is 0 Å². The molecule has 0 unspecified atom stereocenters. The van der Waals surface area contributed by atoms with Gasteiger partial charge in [-0.25, -0.2) is 0 Å². The molecule has 1 aliphatic rings. The van der Waals surface area contributed by atoms with E-state index in [0.717, 1.165) is 37.3 Å². The zero-order chi connectivity index (χ0) is 13.1. The molecule has 0 saturated carbocycles. The van der Waals surface area contributed by atoms with Crippen molar-refractivity contribution in [3.63, 3.8) is 0 Å². The van der Waals surface area contributed by atoms with E-state index in [2.05, 4.69) is 11.0 Å². The van der Waals surface area contributed by atoms with E-state index in [4.69, 9.17) is 5.73 Å². The molecule has 18 heavy (non-hydrogen) atoms. The van der Waals surface area contributed by atoms with Crippen molar-refractivity contribution in [2.24, 2.45) is 0 Å². The van der Waals surface area contributed by atoms with Crippen LogP contribution >= 0.6 is 0 Å². The Morgan fingerprint density at radius 1 is 1.50 bits per heavy atom. The second-order valence-electron chi connectivity index (χ2n) is 4.82. The monoisotopic (exact) mass is 247 g/mol. The van der Waals surface area contributed by atoms with E-state index in [0.29, 0.717) is 6.54 Å². The molecule has 0 radical (unpaired) electrons. The molecule has 1 amide bonds. The van der Waals surface area contributed by atoms with E-state index in [1.807, 2.05) is 26.1 Å². The average Bonchev–Trinajstić information content (AvgIpc) is 2.38. The van der Waals surface area contributed by atoms with Gasteiger partial charge in [-0.2, -0.15) is 0 Å². The van der Waals surface area contributed by atoms with Gasteiger partial charge in [0.2, 0.25) is 5.91 Å². The number of hydrogen-bond donors (Lipinski definition) is 1. The maximum atomic E-state index is 12.0. The van der Waals surface area contributed by atoms with Gasteiger partial charge in [0.25, 0.3) is 0 Å². The van der Waals surface area contributed by atoms with Crippen molar-refractivity contribution in [3.05, 3.63) is 23.8 Å². The average molecular weight is 247 g/mol. The van der Waals surface area contributed by atoms with Crippen molar-refractivity contribution >= 4 is 17.3 Å². The number of rotatable bonds is 3. The number of anilines is 2. The topological polar surface area (TPSA) is 49.6 Å². The SMILES string of the molecule is CCN(C)C(=O)CN1CCCc2ccc(N)cc21. The van der Waals surface area contributed by atoms with Crippen molar-refractivity contribution < 1.29 is 4.79 Å². The zero-order valence-electron chi connectivity index (χ0n) is 11.1. The summed E-state index contributed by atoms with van der Waals surface area (Å²) >= 11 is 0. The number of nitrogens with zero attached hydrogens (tertiary/aromatic N) is 2. The smallest absolute Gasteiger partial charge is 0.241 e. The van der Waals surface area contributed by atoms with Gasteiger partial charge in [-0.1, -0.05) is 6.07 Å². The Labute approximate surface area is 108 Å². The summed E-state index contributed by atoms with van der Waals surface area (Å²) in [6.45, 7) is 4.11. The zero-order valence-corrected chi connectivity index (χ0v) is 11.1. The van der Waals surface area contributed by atoms with E-state index in [-0.39, 0.29) is 5.91 Å². The van der Waals surface area contributed by atoms with Crippen LogP contribution in [0.4, 0.5) is 11.4 Å². The predicted octanol–water partition coefficient (Wildman–Crippen LogP) is 1.50. The lowest BCUT2D eigenvalue weighted by atomic mass is 10.0. The minimum absolute atomic E-state index is 0.160. The summed E-state index contributed by atoms with van der Waals surface area (Å²) in [4.78, 5) is 15.9. The highest BCUT2D eigenvalue weighted by Gasteiger charge is 2.20. The normalized spacial score (nSPS) is 14.2. The quantitative estimate of drug-likeness (QED) is 0.823. The van der Waals surface area contributed by atoms with E-state index in [1.165, 1.54) is 5.56 Å². The van der Waals surface area contributed by atoms with Crippen LogP contribution in [0.15, 0.2) is 18.2 Å².